The van der Waals surface area contributed by atoms with Gasteiger partial charge in [0.05, 0.1) is 0 Å². The lowest BCUT2D eigenvalue weighted by Gasteiger charge is -2.18. The summed E-state index contributed by atoms with van der Waals surface area (Å²) in [5.41, 5.74) is 3.91. The monoisotopic (exact) mass is 272 g/mol. The Kier molecular flexibility index (Phi) is 3.47. The third-order valence-electron chi connectivity index (χ3n) is 3.43. The van der Waals surface area contributed by atoms with Gasteiger partial charge in [-0.1, -0.05) is 4.39 Å². The average Bonchev–Trinajstić information content (AvgIpc) is 2.63. The maximum Gasteiger partial charge on any atom is 0.263 e. The van der Waals surface area contributed by atoms with Crippen LogP contribution in [0.5, 0.6) is 11.5 Å². The first kappa shape index (κ1) is 13.5. The highest BCUT2D eigenvalue weighted by molar-refractivity contribution is 7.90. The van der Waals surface area contributed by atoms with Crippen LogP contribution >= 0.6 is 12.3 Å². The zero-order chi connectivity index (χ0) is 13.5. The van der Waals surface area contributed by atoms with Crippen LogP contribution in [-0.4, -0.2) is 5.60 Å². The molecule has 5 heteroatoms. The molecule has 18 heavy (non-hydrogen) atoms. The summed E-state index contributed by atoms with van der Waals surface area (Å²) in [7, 11) is 0. The van der Waals surface area contributed by atoms with Gasteiger partial charge in [0.1, 0.15) is 17.1 Å². The molecule has 1 aliphatic rings. The van der Waals surface area contributed by atoms with Gasteiger partial charge in [0.25, 0.3) is 12.3 Å². The van der Waals surface area contributed by atoms with Crippen molar-refractivity contribution >= 4 is 12.3 Å². The van der Waals surface area contributed by atoms with Crippen molar-refractivity contribution in [3.05, 3.63) is 22.3 Å². The quantitative estimate of drug-likeness (QED) is 0.772. The Balaban J connectivity index is 2.51. The van der Waals surface area contributed by atoms with Crippen LogP contribution in [0.1, 0.15) is 36.1 Å². The summed E-state index contributed by atoms with van der Waals surface area (Å²) in [5.74, 6) is 1.60. The molecule has 0 N–H and O–H groups in total. The second kappa shape index (κ2) is 4.63. The predicted octanol–water partition coefficient (Wildman–Crippen LogP) is 4.17. The molecule has 0 spiro atoms. The first-order valence-corrected chi connectivity index (χ1v) is 6.47. The Bertz CT molecular complexity index is 486. The van der Waals surface area contributed by atoms with Crippen molar-refractivity contribution in [2.45, 2.75) is 46.6 Å². The highest BCUT2D eigenvalue weighted by Gasteiger charge is 2.34. The van der Waals surface area contributed by atoms with Crippen molar-refractivity contribution < 1.29 is 17.8 Å². The third kappa shape index (κ3) is 2.17. The van der Waals surface area contributed by atoms with E-state index in [1.54, 1.807) is 0 Å². The van der Waals surface area contributed by atoms with Crippen LogP contribution in [0.4, 0.5) is 4.53 Å². The van der Waals surface area contributed by atoms with Gasteiger partial charge >= 0.3 is 0 Å². The van der Waals surface area contributed by atoms with Crippen molar-refractivity contribution in [2.24, 2.45) is 0 Å². The van der Waals surface area contributed by atoms with Gasteiger partial charge < -0.3 is 8.92 Å². The summed E-state index contributed by atoms with van der Waals surface area (Å²) in [6, 6.07) is 0. The lowest BCUT2D eigenvalue weighted by Crippen LogP contribution is -2.24. The first-order valence-electron chi connectivity index (χ1n) is 5.81. The fraction of sp³-hybridized carbons (Fsp3) is 0.538. The molecule has 0 saturated carbocycles. The summed E-state index contributed by atoms with van der Waals surface area (Å²) in [4.78, 5) is 0. The van der Waals surface area contributed by atoms with Crippen molar-refractivity contribution in [3.8, 4) is 11.5 Å². The van der Waals surface area contributed by atoms with Crippen molar-refractivity contribution in [1.29, 1.82) is 0 Å². The summed E-state index contributed by atoms with van der Waals surface area (Å²) in [5, 5.41) is 0. The Labute approximate surface area is 111 Å². The average molecular weight is 272 g/mol. The molecule has 0 amide bonds. The SMILES string of the molecule is Cc1c(C)c2c(c(C)c1OSOF)CC(C)(C)O2. The van der Waals surface area contributed by atoms with E-state index in [0.717, 1.165) is 34.4 Å². The van der Waals surface area contributed by atoms with E-state index in [4.69, 9.17) is 8.92 Å². The van der Waals surface area contributed by atoms with Crippen LogP contribution in [0.25, 0.3) is 0 Å². The number of ether oxygens (including phenoxy) is 1. The van der Waals surface area contributed by atoms with Gasteiger partial charge in [-0.25, -0.2) is 0 Å². The van der Waals surface area contributed by atoms with Crippen molar-refractivity contribution in [3.63, 3.8) is 0 Å². The highest BCUT2D eigenvalue weighted by Crippen LogP contribution is 2.45. The Hall–Kier alpha value is -0.940. The maximum absolute atomic E-state index is 11.8. The van der Waals surface area contributed by atoms with Gasteiger partial charge in [0.15, 0.2) is 0 Å². The minimum absolute atomic E-state index is 0.202. The fourth-order valence-corrected chi connectivity index (χ4v) is 2.76. The van der Waals surface area contributed by atoms with Gasteiger partial charge in [-0.05, 0) is 50.3 Å². The van der Waals surface area contributed by atoms with Crippen LogP contribution in [0.2, 0.25) is 0 Å². The molecular formula is C13H17FO3S. The standard InChI is InChI=1S/C13H17FO3S/c1-7-8(2)12-10(6-13(4,5)15-12)9(3)11(7)16-18-17-14/h6H2,1-5H3. The predicted molar refractivity (Wildman–Crippen MR) is 69.5 cm³/mol. The smallest absolute Gasteiger partial charge is 0.263 e. The van der Waals surface area contributed by atoms with E-state index in [2.05, 4.69) is 18.2 Å². The van der Waals surface area contributed by atoms with Gasteiger partial charge in [-0.2, -0.15) is 0 Å². The molecule has 0 unspecified atom stereocenters. The number of benzene rings is 1. The third-order valence-corrected chi connectivity index (χ3v) is 3.72. The zero-order valence-electron chi connectivity index (χ0n) is 11.2. The van der Waals surface area contributed by atoms with Gasteiger partial charge in [0.2, 0.25) is 0 Å². The van der Waals surface area contributed by atoms with E-state index in [1.807, 2.05) is 20.8 Å². The Morgan fingerprint density at radius 1 is 1.17 bits per heavy atom. The van der Waals surface area contributed by atoms with Gasteiger partial charge in [-0.15, -0.1) is 0 Å². The fourth-order valence-electron chi connectivity index (χ4n) is 2.42. The molecule has 0 saturated heterocycles. The van der Waals surface area contributed by atoms with Crippen LogP contribution in [0.15, 0.2) is 0 Å². The second-order valence-electron chi connectivity index (χ2n) is 5.26. The van der Waals surface area contributed by atoms with Gasteiger partial charge in [0, 0.05) is 17.5 Å². The lowest BCUT2D eigenvalue weighted by molar-refractivity contribution is 0.0149. The summed E-state index contributed by atoms with van der Waals surface area (Å²) in [6.45, 7) is 10.0. The molecule has 0 atom stereocenters. The largest absolute Gasteiger partial charge is 0.487 e. The molecular weight excluding hydrogens is 255 g/mol. The molecule has 0 fully saturated rings. The summed E-state index contributed by atoms with van der Waals surface area (Å²) >= 11 is 0.336. The number of hydrogen-bond donors (Lipinski definition) is 0. The molecule has 3 nitrogen and oxygen atoms in total. The molecule has 0 radical (unpaired) electrons. The molecule has 1 aliphatic heterocycles. The minimum Gasteiger partial charge on any atom is -0.487 e. The van der Waals surface area contributed by atoms with Crippen molar-refractivity contribution in [2.75, 3.05) is 0 Å². The van der Waals surface area contributed by atoms with E-state index in [1.165, 1.54) is 0 Å². The Morgan fingerprint density at radius 3 is 2.44 bits per heavy atom. The number of fused-ring (bicyclic) bond motifs is 1. The van der Waals surface area contributed by atoms with Crippen LogP contribution in [-0.2, 0) is 10.8 Å². The topological polar surface area (TPSA) is 27.7 Å². The number of halogens is 1. The minimum atomic E-state index is -0.202. The van der Waals surface area contributed by atoms with E-state index < -0.39 is 0 Å². The van der Waals surface area contributed by atoms with E-state index in [-0.39, 0.29) is 5.60 Å². The second-order valence-corrected chi connectivity index (χ2v) is 5.69. The molecule has 100 valence electrons. The number of rotatable bonds is 3. The summed E-state index contributed by atoms with van der Waals surface area (Å²) in [6.07, 6.45) is 0.826. The molecule has 2 rings (SSSR count). The maximum atomic E-state index is 11.8. The molecule has 1 heterocycles. The molecule has 1 aromatic carbocycles. The summed E-state index contributed by atoms with van der Waals surface area (Å²) < 4.78 is 26.4. The van der Waals surface area contributed by atoms with E-state index in [9.17, 15) is 4.53 Å². The Morgan fingerprint density at radius 2 is 1.83 bits per heavy atom. The number of hydrogen-bond acceptors (Lipinski definition) is 4. The van der Waals surface area contributed by atoms with Crippen LogP contribution < -0.4 is 8.92 Å². The van der Waals surface area contributed by atoms with Gasteiger partial charge in [-0.3, -0.25) is 0 Å². The molecule has 0 aliphatic carbocycles. The lowest BCUT2D eigenvalue weighted by atomic mass is 9.93. The van der Waals surface area contributed by atoms with Crippen LogP contribution in [0.3, 0.4) is 0 Å². The van der Waals surface area contributed by atoms with E-state index >= 15 is 0 Å². The molecule has 0 aromatic heterocycles. The molecule has 0 bridgehead atoms. The normalized spacial score (nSPS) is 16.3. The highest BCUT2D eigenvalue weighted by atomic mass is 32.2. The zero-order valence-corrected chi connectivity index (χ0v) is 12.0. The van der Waals surface area contributed by atoms with E-state index in [0.29, 0.717) is 18.1 Å². The van der Waals surface area contributed by atoms with Crippen molar-refractivity contribution in [1.82, 2.24) is 0 Å². The van der Waals surface area contributed by atoms with Crippen LogP contribution in [0, 0.1) is 20.8 Å². The molecule has 1 aromatic rings. The first-order chi connectivity index (χ1) is 8.37.